The molecule has 2 atom stereocenters. The minimum absolute atomic E-state index is 0.140. The van der Waals surface area contributed by atoms with Gasteiger partial charge in [0.05, 0.1) is 19.3 Å². The van der Waals surface area contributed by atoms with Crippen LogP contribution in [0.25, 0.3) is 0 Å². The molecule has 0 saturated carbocycles. The average molecular weight is 297 g/mol. The Bertz CT molecular complexity index is 500. The standard InChI is InChI=1S/C15H20FNO4/c1-10(18)13-9-12(16)3-4-14(13)21-11(2)15(19)17-5-7-20-8-6-17/h3-4,9-11,18H,5-8H2,1-2H3/t10-,11?/m0/s1. The Morgan fingerprint density at radius 3 is 2.67 bits per heavy atom. The van der Waals surface area contributed by atoms with Gasteiger partial charge < -0.3 is 19.5 Å². The molecule has 1 aromatic rings. The first kappa shape index (κ1) is 15.7. The number of carbonyl (C=O) groups excluding carboxylic acids is 1. The van der Waals surface area contributed by atoms with Gasteiger partial charge in [-0.2, -0.15) is 0 Å². The van der Waals surface area contributed by atoms with E-state index in [9.17, 15) is 14.3 Å². The van der Waals surface area contributed by atoms with Crippen LogP contribution in [-0.4, -0.2) is 48.3 Å². The summed E-state index contributed by atoms with van der Waals surface area (Å²) in [4.78, 5) is 13.9. The van der Waals surface area contributed by atoms with Crippen molar-refractivity contribution < 1.29 is 23.8 Å². The minimum atomic E-state index is -0.874. The van der Waals surface area contributed by atoms with Gasteiger partial charge in [0.15, 0.2) is 6.10 Å². The molecule has 0 aromatic heterocycles. The van der Waals surface area contributed by atoms with Gasteiger partial charge in [-0.3, -0.25) is 4.79 Å². The van der Waals surface area contributed by atoms with E-state index >= 15 is 0 Å². The van der Waals surface area contributed by atoms with Crippen molar-refractivity contribution >= 4 is 5.91 Å². The van der Waals surface area contributed by atoms with Crippen molar-refractivity contribution in [2.45, 2.75) is 26.1 Å². The van der Waals surface area contributed by atoms with Crippen molar-refractivity contribution in [3.63, 3.8) is 0 Å². The summed E-state index contributed by atoms with van der Waals surface area (Å²) in [5.74, 6) is -0.273. The highest BCUT2D eigenvalue weighted by Gasteiger charge is 2.25. The second-order valence-electron chi connectivity index (χ2n) is 5.06. The van der Waals surface area contributed by atoms with E-state index < -0.39 is 18.0 Å². The van der Waals surface area contributed by atoms with Gasteiger partial charge in [-0.25, -0.2) is 4.39 Å². The molecule has 0 radical (unpaired) electrons. The van der Waals surface area contributed by atoms with E-state index in [1.165, 1.54) is 25.1 Å². The maximum Gasteiger partial charge on any atom is 0.263 e. The van der Waals surface area contributed by atoms with Crippen molar-refractivity contribution in [2.24, 2.45) is 0 Å². The summed E-state index contributed by atoms with van der Waals surface area (Å²) in [5.41, 5.74) is 0.330. The summed E-state index contributed by atoms with van der Waals surface area (Å²) in [7, 11) is 0. The number of aliphatic hydroxyl groups is 1. The molecular weight excluding hydrogens is 277 g/mol. The van der Waals surface area contributed by atoms with Gasteiger partial charge in [-0.15, -0.1) is 0 Å². The second-order valence-corrected chi connectivity index (χ2v) is 5.06. The zero-order valence-electron chi connectivity index (χ0n) is 12.2. The van der Waals surface area contributed by atoms with Crippen LogP contribution in [-0.2, 0) is 9.53 Å². The van der Waals surface area contributed by atoms with E-state index in [4.69, 9.17) is 9.47 Å². The van der Waals surface area contributed by atoms with Crippen molar-refractivity contribution in [1.29, 1.82) is 0 Å². The van der Waals surface area contributed by atoms with Crippen molar-refractivity contribution in [3.8, 4) is 5.75 Å². The highest BCUT2D eigenvalue weighted by atomic mass is 19.1. The quantitative estimate of drug-likeness (QED) is 0.915. The molecule has 1 aliphatic heterocycles. The fourth-order valence-corrected chi connectivity index (χ4v) is 2.23. The predicted octanol–water partition coefficient (Wildman–Crippen LogP) is 1.51. The molecule has 1 aromatic carbocycles. The van der Waals surface area contributed by atoms with Gasteiger partial charge in [0, 0.05) is 18.7 Å². The van der Waals surface area contributed by atoms with E-state index in [0.29, 0.717) is 37.6 Å². The third-order valence-electron chi connectivity index (χ3n) is 3.40. The molecule has 1 unspecified atom stereocenters. The third-order valence-corrected chi connectivity index (χ3v) is 3.40. The molecule has 0 bridgehead atoms. The minimum Gasteiger partial charge on any atom is -0.481 e. The lowest BCUT2D eigenvalue weighted by Crippen LogP contribution is -2.46. The van der Waals surface area contributed by atoms with Crippen LogP contribution >= 0.6 is 0 Å². The van der Waals surface area contributed by atoms with Crippen LogP contribution in [0.1, 0.15) is 25.5 Å². The zero-order chi connectivity index (χ0) is 15.4. The Hall–Kier alpha value is -1.66. The summed E-state index contributed by atoms with van der Waals surface area (Å²) in [6.07, 6.45) is -1.58. The average Bonchev–Trinajstić information content (AvgIpc) is 2.49. The number of benzene rings is 1. The van der Waals surface area contributed by atoms with Gasteiger partial charge in [-0.05, 0) is 32.0 Å². The van der Waals surface area contributed by atoms with Crippen LogP contribution in [0.2, 0.25) is 0 Å². The fourth-order valence-electron chi connectivity index (χ4n) is 2.23. The van der Waals surface area contributed by atoms with E-state index in [2.05, 4.69) is 0 Å². The number of carbonyl (C=O) groups is 1. The van der Waals surface area contributed by atoms with Crippen LogP contribution in [0, 0.1) is 5.82 Å². The zero-order valence-corrected chi connectivity index (χ0v) is 12.2. The Morgan fingerprint density at radius 1 is 1.38 bits per heavy atom. The number of hydrogen-bond donors (Lipinski definition) is 1. The summed E-state index contributed by atoms with van der Waals surface area (Å²) in [5, 5.41) is 9.67. The molecule has 1 fully saturated rings. The summed E-state index contributed by atoms with van der Waals surface area (Å²) in [6.45, 7) is 5.29. The van der Waals surface area contributed by atoms with Crippen LogP contribution in [0.15, 0.2) is 18.2 Å². The Balaban J connectivity index is 2.08. The Morgan fingerprint density at radius 2 is 2.05 bits per heavy atom. The smallest absolute Gasteiger partial charge is 0.263 e. The highest BCUT2D eigenvalue weighted by Crippen LogP contribution is 2.27. The van der Waals surface area contributed by atoms with Gasteiger partial charge in [0.25, 0.3) is 5.91 Å². The molecule has 116 valence electrons. The van der Waals surface area contributed by atoms with Crippen LogP contribution in [0.4, 0.5) is 4.39 Å². The monoisotopic (exact) mass is 297 g/mol. The lowest BCUT2D eigenvalue weighted by Gasteiger charge is -2.29. The van der Waals surface area contributed by atoms with Crippen molar-refractivity contribution in [3.05, 3.63) is 29.6 Å². The van der Waals surface area contributed by atoms with Crippen LogP contribution in [0.5, 0.6) is 5.75 Å². The van der Waals surface area contributed by atoms with Crippen molar-refractivity contribution in [2.75, 3.05) is 26.3 Å². The van der Waals surface area contributed by atoms with E-state index in [0.717, 1.165) is 0 Å². The maximum absolute atomic E-state index is 13.2. The summed E-state index contributed by atoms with van der Waals surface area (Å²) in [6, 6.07) is 3.89. The predicted molar refractivity (Wildman–Crippen MR) is 74.5 cm³/mol. The van der Waals surface area contributed by atoms with Gasteiger partial charge in [-0.1, -0.05) is 0 Å². The first-order chi connectivity index (χ1) is 9.99. The number of morpholine rings is 1. The third kappa shape index (κ3) is 3.92. The first-order valence-electron chi connectivity index (χ1n) is 6.99. The number of amides is 1. The molecule has 1 saturated heterocycles. The molecule has 2 rings (SSSR count). The normalized spacial score (nSPS) is 18.2. The first-order valence-corrected chi connectivity index (χ1v) is 6.99. The van der Waals surface area contributed by atoms with Gasteiger partial charge in [0.2, 0.25) is 0 Å². The highest BCUT2D eigenvalue weighted by molar-refractivity contribution is 5.81. The lowest BCUT2D eigenvalue weighted by molar-refractivity contribution is -0.142. The van der Waals surface area contributed by atoms with E-state index in [-0.39, 0.29) is 5.91 Å². The molecule has 1 heterocycles. The van der Waals surface area contributed by atoms with E-state index in [1.54, 1.807) is 11.8 Å². The SMILES string of the molecule is CC(Oc1ccc(F)cc1[C@H](C)O)C(=O)N1CCOCC1. The molecule has 1 amide bonds. The van der Waals surface area contributed by atoms with Crippen LogP contribution in [0.3, 0.4) is 0 Å². The largest absolute Gasteiger partial charge is 0.481 e. The molecule has 6 heteroatoms. The number of hydrogen-bond acceptors (Lipinski definition) is 4. The maximum atomic E-state index is 13.2. The number of rotatable bonds is 4. The molecular formula is C15H20FNO4. The Labute approximate surface area is 123 Å². The lowest BCUT2D eigenvalue weighted by atomic mass is 10.1. The van der Waals surface area contributed by atoms with E-state index in [1.807, 2.05) is 0 Å². The van der Waals surface area contributed by atoms with Crippen LogP contribution < -0.4 is 4.74 Å². The molecule has 0 spiro atoms. The topological polar surface area (TPSA) is 59.0 Å². The number of halogens is 1. The molecule has 0 aliphatic carbocycles. The molecule has 5 nitrogen and oxygen atoms in total. The summed E-state index contributed by atoms with van der Waals surface area (Å²) < 4.78 is 24.1. The van der Waals surface area contributed by atoms with Gasteiger partial charge >= 0.3 is 0 Å². The number of ether oxygens (including phenoxy) is 2. The number of aliphatic hydroxyl groups excluding tert-OH is 1. The number of nitrogens with zero attached hydrogens (tertiary/aromatic N) is 1. The Kier molecular flexibility index (Phi) is 5.14. The fraction of sp³-hybridized carbons (Fsp3) is 0.533. The summed E-state index contributed by atoms with van der Waals surface area (Å²) >= 11 is 0. The molecule has 1 aliphatic rings. The van der Waals surface area contributed by atoms with Crippen molar-refractivity contribution in [1.82, 2.24) is 4.90 Å². The van der Waals surface area contributed by atoms with Gasteiger partial charge in [0.1, 0.15) is 11.6 Å². The second kappa shape index (κ2) is 6.87. The molecule has 1 N–H and O–H groups in total. The molecule has 21 heavy (non-hydrogen) atoms.